The standard InChI is InChI=1S/C22H26N2O6S2.C2H6/c1-15(2)24-20-7-3-5-16(11-20)12-23-21-8-4-6-18-9-17(13-31(25,26)27)10-19(22(18)21)14-32(28,29)30;1-2/h3-11,15,23-24H,12-14H2,1-2H3,(H,25,26,27)(H,28,29,30);1-2H3. The molecule has 0 aliphatic rings. The van der Waals surface area contributed by atoms with Crippen LogP contribution in [-0.4, -0.2) is 32.0 Å². The van der Waals surface area contributed by atoms with Crippen LogP contribution in [0, 0.1) is 0 Å². The molecule has 3 aromatic rings. The molecular formula is C24H32N2O6S2. The fourth-order valence-electron chi connectivity index (χ4n) is 3.64. The molecule has 0 fully saturated rings. The zero-order valence-electron chi connectivity index (χ0n) is 19.7. The Labute approximate surface area is 201 Å². The lowest BCUT2D eigenvalue weighted by Crippen LogP contribution is -2.10. The molecule has 3 rings (SSSR count). The average molecular weight is 509 g/mol. The van der Waals surface area contributed by atoms with Crippen molar-refractivity contribution < 1.29 is 25.9 Å². The van der Waals surface area contributed by atoms with Gasteiger partial charge in [0.05, 0.1) is 0 Å². The molecule has 0 spiro atoms. The first-order chi connectivity index (χ1) is 15.9. The van der Waals surface area contributed by atoms with E-state index in [0.717, 1.165) is 11.3 Å². The predicted octanol–water partition coefficient (Wildman–Crippen LogP) is 5.07. The SMILES string of the molecule is CC.CC(C)Nc1cccc(CNc2cccc3cc(CS(=O)(=O)O)cc(CS(=O)(=O)O)c23)c1. The van der Waals surface area contributed by atoms with Crippen LogP contribution in [0.4, 0.5) is 11.4 Å². The molecule has 4 N–H and O–H groups in total. The summed E-state index contributed by atoms with van der Waals surface area (Å²) in [6.07, 6.45) is 0. The fourth-order valence-corrected chi connectivity index (χ4v) is 4.85. The van der Waals surface area contributed by atoms with Crippen LogP contribution < -0.4 is 10.6 Å². The molecule has 0 amide bonds. The van der Waals surface area contributed by atoms with Crippen LogP contribution >= 0.6 is 0 Å². The second kappa shape index (κ2) is 11.7. The number of rotatable bonds is 9. The molecule has 0 radical (unpaired) electrons. The summed E-state index contributed by atoms with van der Waals surface area (Å²) in [5.74, 6) is -1.34. The number of hydrogen-bond acceptors (Lipinski definition) is 6. The van der Waals surface area contributed by atoms with E-state index in [1.54, 1.807) is 24.3 Å². The molecular weight excluding hydrogens is 476 g/mol. The minimum atomic E-state index is -4.38. The highest BCUT2D eigenvalue weighted by Gasteiger charge is 2.17. The van der Waals surface area contributed by atoms with Crippen LogP contribution in [0.1, 0.15) is 44.4 Å². The highest BCUT2D eigenvalue weighted by atomic mass is 32.2. The number of benzene rings is 3. The van der Waals surface area contributed by atoms with E-state index < -0.39 is 31.7 Å². The third kappa shape index (κ3) is 8.60. The summed E-state index contributed by atoms with van der Waals surface area (Å²) in [5, 5.41) is 7.79. The van der Waals surface area contributed by atoms with Gasteiger partial charge >= 0.3 is 0 Å². The van der Waals surface area contributed by atoms with Crippen LogP contribution in [0.5, 0.6) is 0 Å². The molecule has 0 aliphatic carbocycles. The van der Waals surface area contributed by atoms with E-state index in [1.807, 2.05) is 52.0 Å². The van der Waals surface area contributed by atoms with Gasteiger partial charge in [-0.1, -0.05) is 44.2 Å². The monoisotopic (exact) mass is 508 g/mol. The van der Waals surface area contributed by atoms with Crippen molar-refractivity contribution in [1.82, 2.24) is 0 Å². The van der Waals surface area contributed by atoms with Gasteiger partial charge in [-0.2, -0.15) is 16.8 Å². The maximum absolute atomic E-state index is 11.6. The number of hydrogen-bond donors (Lipinski definition) is 4. The largest absolute Gasteiger partial charge is 0.383 e. The molecule has 0 aliphatic heterocycles. The molecule has 8 nitrogen and oxygen atoms in total. The Hall–Kier alpha value is -2.66. The van der Waals surface area contributed by atoms with E-state index in [9.17, 15) is 25.9 Å². The van der Waals surface area contributed by atoms with Crippen molar-refractivity contribution in [2.45, 2.75) is 51.8 Å². The van der Waals surface area contributed by atoms with Gasteiger partial charge in [0.2, 0.25) is 0 Å². The van der Waals surface area contributed by atoms with Crippen molar-refractivity contribution in [3.63, 3.8) is 0 Å². The van der Waals surface area contributed by atoms with E-state index in [2.05, 4.69) is 10.6 Å². The third-order valence-corrected chi connectivity index (χ3v) is 6.04. The Morgan fingerprint density at radius 1 is 0.824 bits per heavy atom. The van der Waals surface area contributed by atoms with E-state index in [-0.39, 0.29) is 17.2 Å². The van der Waals surface area contributed by atoms with Crippen molar-refractivity contribution in [2.24, 2.45) is 0 Å². The smallest absolute Gasteiger partial charge is 0.269 e. The lowest BCUT2D eigenvalue weighted by atomic mass is 10.0. The second-order valence-corrected chi connectivity index (χ2v) is 10.9. The van der Waals surface area contributed by atoms with Gasteiger partial charge in [0.25, 0.3) is 20.2 Å². The normalized spacial score (nSPS) is 11.7. The van der Waals surface area contributed by atoms with Crippen molar-refractivity contribution in [1.29, 1.82) is 0 Å². The molecule has 0 aromatic heterocycles. The Bertz CT molecular complexity index is 1340. The summed E-state index contributed by atoms with van der Waals surface area (Å²) < 4.78 is 64.5. The van der Waals surface area contributed by atoms with Gasteiger partial charge in [-0.25, -0.2) is 0 Å². The molecule has 0 bridgehead atoms. The minimum Gasteiger partial charge on any atom is -0.383 e. The number of nitrogens with one attached hydrogen (secondary N) is 2. The van der Waals surface area contributed by atoms with Gasteiger partial charge in [0, 0.05) is 29.3 Å². The van der Waals surface area contributed by atoms with Crippen LogP contribution in [-0.2, 0) is 38.3 Å². The first-order valence-corrected chi connectivity index (χ1v) is 14.2. The first-order valence-electron chi connectivity index (χ1n) is 10.9. The summed E-state index contributed by atoms with van der Waals surface area (Å²) in [7, 11) is -8.69. The molecule has 0 atom stereocenters. The molecule has 34 heavy (non-hydrogen) atoms. The second-order valence-electron chi connectivity index (χ2n) is 7.96. The van der Waals surface area contributed by atoms with Crippen molar-refractivity contribution in [2.75, 3.05) is 10.6 Å². The fraction of sp³-hybridized carbons (Fsp3) is 0.333. The maximum Gasteiger partial charge on any atom is 0.269 e. The Kier molecular flexibility index (Phi) is 9.45. The van der Waals surface area contributed by atoms with Gasteiger partial charge in [-0.3, -0.25) is 9.11 Å². The Morgan fingerprint density at radius 2 is 1.47 bits per heavy atom. The van der Waals surface area contributed by atoms with Gasteiger partial charge in [-0.05, 0) is 60.2 Å². The Balaban J connectivity index is 0.00000199. The van der Waals surface area contributed by atoms with Crippen molar-refractivity contribution in [3.8, 4) is 0 Å². The molecule has 0 heterocycles. The molecule has 0 saturated carbocycles. The van der Waals surface area contributed by atoms with E-state index >= 15 is 0 Å². The van der Waals surface area contributed by atoms with Gasteiger partial charge in [0.15, 0.2) is 0 Å². The summed E-state index contributed by atoms with van der Waals surface area (Å²) in [4.78, 5) is 0. The molecule has 0 saturated heterocycles. The zero-order chi connectivity index (χ0) is 25.5. The van der Waals surface area contributed by atoms with Crippen LogP contribution in [0.25, 0.3) is 10.8 Å². The number of anilines is 2. The van der Waals surface area contributed by atoms with Crippen LogP contribution in [0.2, 0.25) is 0 Å². The summed E-state index contributed by atoms with van der Waals surface area (Å²) in [5.41, 5.74) is 3.10. The topological polar surface area (TPSA) is 133 Å². The van der Waals surface area contributed by atoms with E-state index in [0.29, 0.717) is 23.0 Å². The van der Waals surface area contributed by atoms with Gasteiger partial charge in [-0.15, -0.1) is 0 Å². The van der Waals surface area contributed by atoms with E-state index in [1.165, 1.54) is 6.07 Å². The van der Waals surface area contributed by atoms with Crippen LogP contribution in [0.3, 0.4) is 0 Å². The first kappa shape index (κ1) is 27.6. The van der Waals surface area contributed by atoms with Crippen molar-refractivity contribution in [3.05, 3.63) is 71.3 Å². The molecule has 0 unspecified atom stereocenters. The predicted molar refractivity (Wildman–Crippen MR) is 138 cm³/mol. The van der Waals surface area contributed by atoms with Gasteiger partial charge < -0.3 is 10.6 Å². The maximum atomic E-state index is 11.6. The average Bonchev–Trinajstić information content (AvgIpc) is 2.71. The third-order valence-electron chi connectivity index (χ3n) is 4.67. The van der Waals surface area contributed by atoms with Crippen LogP contribution in [0.15, 0.2) is 54.6 Å². The summed E-state index contributed by atoms with van der Waals surface area (Å²) >= 11 is 0. The highest BCUT2D eigenvalue weighted by molar-refractivity contribution is 7.85. The quantitative estimate of drug-likeness (QED) is 0.294. The molecule has 3 aromatic carbocycles. The van der Waals surface area contributed by atoms with E-state index in [4.69, 9.17) is 0 Å². The summed E-state index contributed by atoms with van der Waals surface area (Å²) in [6, 6.07) is 16.4. The molecule has 186 valence electrons. The Morgan fingerprint density at radius 3 is 2.09 bits per heavy atom. The lowest BCUT2D eigenvalue weighted by molar-refractivity contribution is 0.480. The minimum absolute atomic E-state index is 0.225. The summed E-state index contributed by atoms with van der Waals surface area (Å²) in [6.45, 7) is 8.56. The number of fused-ring (bicyclic) bond motifs is 1. The zero-order valence-corrected chi connectivity index (χ0v) is 21.4. The van der Waals surface area contributed by atoms with Crippen molar-refractivity contribution >= 4 is 42.4 Å². The molecule has 10 heteroatoms. The lowest BCUT2D eigenvalue weighted by Gasteiger charge is -2.16. The highest BCUT2D eigenvalue weighted by Crippen LogP contribution is 2.31. The van der Waals surface area contributed by atoms with Gasteiger partial charge in [0.1, 0.15) is 11.5 Å².